The first-order valence-electron chi connectivity index (χ1n) is 8.61. The highest BCUT2D eigenvalue weighted by Crippen LogP contribution is 2.34. The van der Waals surface area contributed by atoms with Crippen LogP contribution in [-0.2, 0) is 16.0 Å². The topological polar surface area (TPSA) is 79.7 Å². The largest absolute Gasteiger partial charge is 0.481 e. The third-order valence-electron chi connectivity index (χ3n) is 5.08. The van der Waals surface area contributed by atoms with Crippen LogP contribution in [0.25, 0.3) is 0 Å². The zero-order valence-corrected chi connectivity index (χ0v) is 15.0. The maximum atomic E-state index is 12.7. The Morgan fingerprint density at radius 2 is 2.04 bits per heavy atom. The molecule has 1 amide bonds. The van der Waals surface area contributed by atoms with Gasteiger partial charge in [-0.05, 0) is 38.5 Å². The molecule has 0 spiro atoms. The molecule has 24 heavy (non-hydrogen) atoms. The number of rotatable bonds is 4. The van der Waals surface area contributed by atoms with E-state index in [0.717, 1.165) is 34.8 Å². The third-order valence-corrected chi connectivity index (χ3v) is 6.37. The summed E-state index contributed by atoms with van der Waals surface area (Å²) in [6, 6.07) is 0. The molecule has 1 N–H and O–H groups in total. The minimum absolute atomic E-state index is 0.0604. The number of amides is 1. The van der Waals surface area contributed by atoms with Crippen molar-refractivity contribution in [3.05, 3.63) is 15.6 Å². The summed E-state index contributed by atoms with van der Waals surface area (Å²) in [5.74, 6) is -0.867. The third kappa shape index (κ3) is 3.32. The van der Waals surface area contributed by atoms with E-state index in [-0.39, 0.29) is 17.9 Å². The van der Waals surface area contributed by atoms with Gasteiger partial charge in [0.05, 0.1) is 22.7 Å². The number of aliphatic carboxylic acids is 1. The van der Waals surface area contributed by atoms with Crippen molar-refractivity contribution in [1.82, 2.24) is 9.88 Å². The fourth-order valence-corrected chi connectivity index (χ4v) is 4.69. The van der Waals surface area contributed by atoms with Crippen LogP contribution in [0.5, 0.6) is 0 Å². The fraction of sp³-hybridized carbons (Fsp3) is 0.706. The van der Waals surface area contributed by atoms with Gasteiger partial charge in [-0.1, -0.05) is 6.92 Å². The number of carboxylic acid groups (broad SMARTS) is 1. The molecule has 1 aromatic heterocycles. The standard InChI is InChI=1S/C17H24N2O4S/c1-3-13-18-10(2)15(24-13)16(20)19-7-4-11(5-8-19)14-12(17(21)22)6-9-23-14/h11-12,14H,3-9H2,1-2H3,(H,21,22)/t12?,14-/m0/s1. The number of ether oxygens (including phenoxy) is 1. The maximum absolute atomic E-state index is 12.7. The number of hydrogen-bond donors (Lipinski definition) is 1. The van der Waals surface area contributed by atoms with Gasteiger partial charge in [0.25, 0.3) is 5.91 Å². The highest BCUT2D eigenvalue weighted by molar-refractivity contribution is 7.13. The van der Waals surface area contributed by atoms with E-state index in [2.05, 4.69) is 4.98 Å². The SMILES string of the molecule is CCc1nc(C)c(C(=O)N2CCC([C@@H]3OCCC3C(=O)O)CC2)s1. The molecular weight excluding hydrogens is 328 g/mol. The second-order valence-corrected chi connectivity index (χ2v) is 7.66. The molecule has 3 heterocycles. The number of aromatic nitrogens is 1. The molecule has 2 atom stereocenters. The Kier molecular flexibility index (Phi) is 5.20. The van der Waals surface area contributed by atoms with Gasteiger partial charge < -0.3 is 14.7 Å². The second kappa shape index (κ2) is 7.19. The van der Waals surface area contributed by atoms with Gasteiger partial charge >= 0.3 is 5.97 Å². The number of carboxylic acids is 1. The van der Waals surface area contributed by atoms with E-state index in [4.69, 9.17) is 4.74 Å². The number of hydrogen-bond acceptors (Lipinski definition) is 5. The molecule has 0 radical (unpaired) electrons. The van der Waals surface area contributed by atoms with E-state index < -0.39 is 11.9 Å². The Balaban J connectivity index is 1.61. The van der Waals surface area contributed by atoms with Crippen molar-refractivity contribution >= 4 is 23.2 Å². The molecule has 6 nitrogen and oxygen atoms in total. The second-order valence-electron chi connectivity index (χ2n) is 6.57. The number of carbonyl (C=O) groups excluding carboxylic acids is 1. The van der Waals surface area contributed by atoms with Crippen molar-refractivity contribution in [3.63, 3.8) is 0 Å². The first-order valence-corrected chi connectivity index (χ1v) is 9.43. The van der Waals surface area contributed by atoms with Crippen LogP contribution in [0.3, 0.4) is 0 Å². The summed E-state index contributed by atoms with van der Waals surface area (Å²) in [6.07, 6.45) is 2.85. The number of nitrogens with zero attached hydrogens (tertiary/aromatic N) is 2. The Labute approximate surface area is 145 Å². The molecule has 2 aliphatic rings. The summed E-state index contributed by atoms with van der Waals surface area (Å²) in [4.78, 5) is 31.1. The van der Waals surface area contributed by atoms with Crippen molar-refractivity contribution in [2.24, 2.45) is 11.8 Å². The molecule has 2 fully saturated rings. The summed E-state index contributed by atoms with van der Waals surface area (Å²) in [6.45, 7) is 5.78. The highest BCUT2D eigenvalue weighted by Gasteiger charge is 2.41. The number of aryl methyl sites for hydroxylation is 2. The Morgan fingerprint density at radius 1 is 1.33 bits per heavy atom. The van der Waals surface area contributed by atoms with Crippen LogP contribution in [0.2, 0.25) is 0 Å². The van der Waals surface area contributed by atoms with Crippen LogP contribution in [-0.4, -0.2) is 52.7 Å². The normalized spacial score (nSPS) is 25.2. The molecule has 2 saturated heterocycles. The molecule has 0 saturated carbocycles. The molecule has 2 aliphatic heterocycles. The van der Waals surface area contributed by atoms with Crippen LogP contribution < -0.4 is 0 Å². The van der Waals surface area contributed by atoms with Gasteiger partial charge in [0.2, 0.25) is 0 Å². The molecule has 0 aromatic carbocycles. The monoisotopic (exact) mass is 352 g/mol. The summed E-state index contributed by atoms with van der Waals surface area (Å²) >= 11 is 1.49. The zero-order valence-electron chi connectivity index (χ0n) is 14.2. The minimum atomic E-state index is -0.761. The molecule has 1 aromatic rings. The zero-order chi connectivity index (χ0) is 17.3. The fourth-order valence-electron chi connectivity index (χ4n) is 3.72. The van der Waals surface area contributed by atoms with E-state index in [0.29, 0.717) is 26.1 Å². The number of likely N-dealkylation sites (tertiary alicyclic amines) is 1. The number of piperidine rings is 1. The predicted molar refractivity (Wildman–Crippen MR) is 90.3 cm³/mol. The van der Waals surface area contributed by atoms with Gasteiger partial charge in [-0.3, -0.25) is 9.59 Å². The highest BCUT2D eigenvalue weighted by atomic mass is 32.1. The van der Waals surface area contributed by atoms with E-state index in [1.807, 2.05) is 18.7 Å². The molecule has 1 unspecified atom stereocenters. The van der Waals surface area contributed by atoms with Crippen LogP contribution in [0.4, 0.5) is 0 Å². The molecule has 7 heteroatoms. The average Bonchev–Trinajstić information content (AvgIpc) is 3.21. The minimum Gasteiger partial charge on any atom is -0.481 e. The van der Waals surface area contributed by atoms with Crippen molar-refractivity contribution in [1.29, 1.82) is 0 Å². The Morgan fingerprint density at radius 3 is 2.62 bits per heavy atom. The maximum Gasteiger partial charge on any atom is 0.309 e. The molecule has 3 rings (SSSR count). The first-order chi connectivity index (χ1) is 11.5. The number of thiazole rings is 1. The van der Waals surface area contributed by atoms with Gasteiger partial charge in [0.15, 0.2) is 0 Å². The first kappa shape index (κ1) is 17.4. The summed E-state index contributed by atoms with van der Waals surface area (Å²) in [5, 5.41) is 10.3. The molecular formula is C17H24N2O4S. The molecule has 0 aliphatic carbocycles. The smallest absolute Gasteiger partial charge is 0.309 e. The van der Waals surface area contributed by atoms with Gasteiger partial charge in [-0.15, -0.1) is 11.3 Å². The van der Waals surface area contributed by atoms with Gasteiger partial charge in [-0.25, -0.2) is 4.98 Å². The van der Waals surface area contributed by atoms with Crippen molar-refractivity contribution in [3.8, 4) is 0 Å². The van der Waals surface area contributed by atoms with E-state index in [1.165, 1.54) is 11.3 Å². The predicted octanol–water partition coefficient (Wildman–Crippen LogP) is 2.36. The van der Waals surface area contributed by atoms with Gasteiger partial charge in [0.1, 0.15) is 4.88 Å². The summed E-state index contributed by atoms with van der Waals surface area (Å²) in [5.41, 5.74) is 0.814. The van der Waals surface area contributed by atoms with Crippen LogP contribution in [0.15, 0.2) is 0 Å². The van der Waals surface area contributed by atoms with Crippen LogP contribution in [0, 0.1) is 18.8 Å². The molecule has 0 bridgehead atoms. The van der Waals surface area contributed by atoms with Gasteiger partial charge in [0, 0.05) is 19.7 Å². The Hall–Kier alpha value is -1.47. The lowest BCUT2D eigenvalue weighted by Crippen LogP contribution is -2.43. The lowest BCUT2D eigenvalue weighted by molar-refractivity contribution is -0.145. The van der Waals surface area contributed by atoms with E-state index >= 15 is 0 Å². The number of carbonyl (C=O) groups is 2. The van der Waals surface area contributed by atoms with Crippen molar-refractivity contribution in [2.75, 3.05) is 19.7 Å². The quantitative estimate of drug-likeness (QED) is 0.900. The van der Waals surface area contributed by atoms with Crippen molar-refractivity contribution < 1.29 is 19.4 Å². The Bertz CT molecular complexity index is 622. The van der Waals surface area contributed by atoms with E-state index in [9.17, 15) is 14.7 Å². The van der Waals surface area contributed by atoms with Crippen LogP contribution in [0.1, 0.15) is 46.6 Å². The lowest BCUT2D eigenvalue weighted by Gasteiger charge is -2.35. The molecule has 132 valence electrons. The average molecular weight is 352 g/mol. The lowest BCUT2D eigenvalue weighted by atomic mass is 9.84. The van der Waals surface area contributed by atoms with Gasteiger partial charge in [-0.2, -0.15) is 0 Å². The van der Waals surface area contributed by atoms with E-state index in [1.54, 1.807) is 0 Å². The van der Waals surface area contributed by atoms with Crippen LogP contribution >= 0.6 is 11.3 Å². The summed E-state index contributed by atoms with van der Waals surface area (Å²) < 4.78 is 5.69. The summed E-state index contributed by atoms with van der Waals surface area (Å²) in [7, 11) is 0. The van der Waals surface area contributed by atoms with Crippen molar-refractivity contribution in [2.45, 2.75) is 45.6 Å².